The molecular formula is C21H29N3O2S. The molecule has 0 radical (unpaired) electrons. The first-order valence-electron chi connectivity index (χ1n) is 9.64. The van der Waals surface area contributed by atoms with E-state index in [0.717, 1.165) is 37.0 Å². The van der Waals surface area contributed by atoms with Gasteiger partial charge >= 0.3 is 0 Å². The summed E-state index contributed by atoms with van der Waals surface area (Å²) in [6.07, 6.45) is 6.88. The van der Waals surface area contributed by atoms with Gasteiger partial charge in [-0.05, 0) is 43.9 Å². The van der Waals surface area contributed by atoms with E-state index < -0.39 is 0 Å². The first-order valence-corrected chi connectivity index (χ1v) is 10.5. The number of aryl methyl sites for hydroxylation is 2. The van der Waals surface area contributed by atoms with Gasteiger partial charge in [-0.1, -0.05) is 38.8 Å². The van der Waals surface area contributed by atoms with Gasteiger partial charge in [0, 0.05) is 23.2 Å². The molecule has 1 heterocycles. The van der Waals surface area contributed by atoms with Gasteiger partial charge in [-0.3, -0.25) is 9.59 Å². The molecule has 2 rings (SSSR count). The van der Waals surface area contributed by atoms with Gasteiger partial charge in [0.05, 0.1) is 0 Å². The van der Waals surface area contributed by atoms with Crippen molar-refractivity contribution in [2.75, 3.05) is 18.4 Å². The summed E-state index contributed by atoms with van der Waals surface area (Å²) in [5.41, 5.74) is 1.87. The van der Waals surface area contributed by atoms with Gasteiger partial charge in [-0.15, -0.1) is 11.3 Å². The van der Waals surface area contributed by atoms with Crippen molar-refractivity contribution in [3.8, 4) is 0 Å². The minimum Gasteiger partial charge on any atom is -0.329 e. The minimum absolute atomic E-state index is 0.0368. The standard InChI is InChI=1S/C21H29N3O2S/c1-4-6-8-17-9-11-18(12-10-17)20(26)24(13-7-5-2)15-19(25)23-21-22-14-16(3)27-21/h9-12,14H,4-8,13,15H2,1-3H3,(H,22,23,25). The van der Waals surface area contributed by atoms with Crippen LogP contribution in [0.4, 0.5) is 5.13 Å². The van der Waals surface area contributed by atoms with E-state index in [1.165, 1.54) is 16.9 Å². The number of carbonyl (C=O) groups is 2. The van der Waals surface area contributed by atoms with E-state index in [1.807, 2.05) is 31.2 Å². The maximum Gasteiger partial charge on any atom is 0.254 e. The van der Waals surface area contributed by atoms with E-state index in [9.17, 15) is 9.59 Å². The Labute approximate surface area is 165 Å². The van der Waals surface area contributed by atoms with Gasteiger partial charge in [-0.25, -0.2) is 4.98 Å². The molecular weight excluding hydrogens is 358 g/mol. The quantitative estimate of drug-likeness (QED) is 0.644. The lowest BCUT2D eigenvalue weighted by Gasteiger charge is -2.22. The average Bonchev–Trinajstić information content (AvgIpc) is 3.07. The van der Waals surface area contributed by atoms with Crippen molar-refractivity contribution in [2.24, 2.45) is 0 Å². The van der Waals surface area contributed by atoms with Crippen molar-refractivity contribution in [3.05, 3.63) is 46.5 Å². The molecule has 0 aliphatic carbocycles. The highest BCUT2D eigenvalue weighted by Crippen LogP contribution is 2.17. The number of benzene rings is 1. The molecule has 0 fully saturated rings. The number of amides is 2. The maximum atomic E-state index is 12.9. The Balaban J connectivity index is 2.02. The van der Waals surface area contributed by atoms with Gasteiger partial charge in [0.15, 0.2) is 5.13 Å². The van der Waals surface area contributed by atoms with E-state index in [2.05, 4.69) is 24.1 Å². The SMILES string of the molecule is CCCCc1ccc(C(=O)N(CCCC)CC(=O)Nc2ncc(C)s2)cc1. The number of nitrogens with one attached hydrogen (secondary N) is 1. The van der Waals surface area contributed by atoms with Crippen molar-refractivity contribution in [3.63, 3.8) is 0 Å². The van der Waals surface area contributed by atoms with E-state index in [-0.39, 0.29) is 18.4 Å². The van der Waals surface area contributed by atoms with Crippen LogP contribution in [-0.4, -0.2) is 34.8 Å². The zero-order valence-electron chi connectivity index (χ0n) is 16.5. The summed E-state index contributed by atoms with van der Waals surface area (Å²) in [5, 5.41) is 3.35. The second-order valence-corrected chi connectivity index (χ2v) is 7.94. The lowest BCUT2D eigenvalue weighted by atomic mass is 10.1. The predicted octanol–water partition coefficient (Wildman–Crippen LogP) is 4.68. The van der Waals surface area contributed by atoms with Crippen molar-refractivity contribution >= 4 is 28.3 Å². The first kappa shape index (κ1) is 21.1. The molecule has 27 heavy (non-hydrogen) atoms. The molecule has 1 aromatic heterocycles. The lowest BCUT2D eigenvalue weighted by molar-refractivity contribution is -0.116. The summed E-state index contributed by atoms with van der Waals surface area (Å²) in [7, 11) is 0. The molecule has 2 aromatic rings. The van der Waals surface area contributed by atoms with Crippen LogP contribution in [0.1, 0.15) is 60.3 Å². The zero-order valence-corrected chi connectivity index (χ0v) is 17.3. The Morgan fingerprint density at radius 1 is 1.11 bits per heavy atom. The number of aromatic nitrogens is 1. The molecule has 0 saturated heterocycles. The molecule has 1 N–H and O–H groups in total. The summed E-state index contributed by atoms with van der Waals surface area (Å²) < 4.78 is 0. The van der Waals surface area contributed by atoms with Crippen molar-refractivity contribution < 1.29 is 9.59 Å². The second kappa shape index (κ2) is 10.8. The van der Waals surface area contributed by atoms with Crippen LogP contribution in [-0.2, 0) is 11.2 Å². The van der Waals surface area contributed by atoms with Crippen molar-refractivity contribution in [1.82, 2.24) is 9.88 Å². The lowest BCUT2D eigenvalue weighted by Crippen LogP contribution is -2.38. The topological polar surface area (TPSA) is 62.3 Å². The number of hydrogen-bond acceptors (Lipinski definition) is 4. The fraction of sp³-hybridized carbons (Fsp3) is 0.476. The van der Waals surface area contributed by atoms with Crippen LogP contribution >= 0.6 is 11.3 Å². The number of anilines is 1. The molecule has 1 aromatic carbocycles. The van der Waals surface area contributed by atoms with E-state index >= 15 is 0 Å². The van der Waals surface area contributed by atoms with E-state index in [4.69, 9.17) is 0 Å². The fourth-order valence-electron chi connectivity index (χ4n) is 2.72. The highest BCUT2D eigenvalue weighted by molar-refractivity contribution is 7.15. The summed E-state index contributed by atoms with van der Waals surface area (Å²) in [6, 6.07) is 7.77. The number of nitrogens with zero attached hydrogens (tertiary/aromatic N) is 2. The number of unbranched alkanes of at least 4 members (excludes halogenated alkanes) is 2. The van der Waals surface area contributed by atoms with Gasteiger partial charge in [0.1, 0.15) is 6.54 Å². The molecule has 0 aliphatic rings. The smallest absolute Gasteiger partial charge is 0.254 e. The monoisotopic (exact) mass is 387 g/mol. The number of hydrogen-bond donors (Lipinski definition) is 1. The third-order valence-corrected chi connectivity index (χ3v) is 5.12. The molecule has 0 aliphatic heterocycles. The van der Waals surface area contributed by atoms with Crippen LogP contribution in [0.3, 0.4) is 0 Å². The highest BCUT2D eigenvalue weighted by Gasteiger charge is 2.19. The van der Waals surface area contributed by atoms with Crippen LogP contribution in [0.15, 0.2) is 30.5 Å². The molecule has 6 heteroatoms. The summed E-state index contributed by atoms with van der Waals surface area (Å²) in [5.74, 6) is -0.315. The van der Waals surface area contributed by atoms with Crippen LogP contribution in [0.25, 0.3) is 0 Å². The van der Waals surface area contributed by atoms with Crippen LogP contribution < -0.4 is 5.32 Å². The molecule has 2 amide bonds. The number of thiazole rings is 1. The predicted molar refractivity (Wildman–Crippen MR) is 111 cm³/mol. The van der Waals surface area contributed by atoms with Gasteiger partial charge in [0.2, 0.25) is 5.91 Å². The third-order valence-electron chi connectivity index (χ3n) is 4.29. The van der Waals surface area contributed by atoms with Crippen LogP contribution in [0.5, 0.6) is 0 Å². The summed E-state index contributed by atoms with van der Waals surface area (Å²) in [4.78, 5) is 32.1. The number of carbonyl (C=O) groups excluding carboxylic acids is 2. The molecule has 0 unspecified atom stereocenters. The van der Waals surface area contributed by atoms with E-state index in [1.54, 1.807) is 11.1 Å². The Kier molecular flexibility index (Phi) is 8.45. The van der Waals surface area contributed by atoms with Gasteiger partial charge < -0.3 is 10.2 Å². The van der Waals surface area contributed by atoms with Crippen LogP contribution in [0, 0.1) is 6.92 Å². The largest absolute Gasteiger partial charge is 0.329 e. The average molecular weight is 388 g/mol. The molecule has 0 atom stereocenters. The Hall–Kier alpha value is -2.21. The normalized spacial score (nSPS) is 10.6. The molecule has 5 nitrogen and oxygen atoms in total. The third kappa shape index (κ3) is 6.79. The van der Waals surface area contributed by atoms with E-state index in [0.29, 0.717) is 17.2 Å². The summed E-state index contributed by atoms with van der Waals surface area (Å²) >= 11 is 1.43. The molecule has 146 valence electrons. The van der Waals surface area contributed by atoms with Gasteiger partial charge in [0.25, 0.3) is 5.91 Å². The van der Waals surface area contributed by atoms with Gasteiger partial charge in [-0.2, -0.15) is 0 Å². The molecule has 0 spiro atoms. The Morgan fingerprint density at radius 2 is 1.81 bits per heavy atom. The molecule has 0 saturated carbocycles. The summed E-state index contributed by atoms with van der Waals surface area (Å²) in [6.45, 7) is 6.78. The van der Waals surface area contributed by atoms with Crippen molar-refractivity contribution in [2.45, 2.75) is 52.9 Å². The molecule has 0 bridgehead atoms. The fourth-order valence-corrected chi connectivity index (χ4v) is 3.40. The Bertz CT molecular complexity index is 740. The number of rotatable bonds is 10. The minimum atomic E-state index is -0.214. The maximum absolute atomic E-state index is 12.9. The second-order valence-electron chi connectivity index (χ2n) is 6.70. The highest BCUT2D eigenvalue weighted by atomic mass is 32.1. The Morgan fingerprint density at radius 3 is 2.41 bits per heavy atom. The zero-order chi connectivity index (χ0) is 19.6. The first-order chi connectivity index (χ1) is 13.0. The van der Waals surface area contributed by atoms with Crippen molar-refractivity contribution in [1.29, 1.82) is 0 Å². The van der Waals surface area contributed by atoms with Crippen LogP contribution in [0.2, 0.25) is 0 Å².